The first-order chi connectivity index (χ1) is 8.29. The second kappa shape index (κ2) is 5.55. The predicted molar refractivity (Wildman–Crippen MR) is 68.2 cm³/mol. The van der Waals surface area contributed by atoms with Crippen molar-refractivity contribution in [2.45, 2.75) is 12.3 Å². The second-order valence-corrected chi connectivity index (χ2v) is 4.57. The van der Waals surface area contributed by atoms with Crippen LogP contribution in [0.5, 0.6) is 0 Å². The van der Waals surface area contributed by atoms with Crippen LogP contribution in [0.2, 0.25) is 0 Å². The van der Waals surface area contributed by atoms with Crippen LogP contribution in [0.15, 0.2) is 47.3 Å². The fourth-order valence-electron chi connectivity index (χ4n) is 1.60. The lowest BCUT2D eigenvalue weighted by atomic mass is 9.98. The van der Waals surface area contributed by atoms with E-state index in [4.69, 9.17) is 0 Å². The molecule has 0 N–H and O–H groups in total. The van der Waals surface area contributed by atoms with Crippen molar-refractivity contribution >= 4 is 15.9 Å². The molecule has 0 aliphatic carbocycles. The van der Waals surface area contributed by atoms with Crippen LogP contribution in [0.4, 0.5) is 0 Å². The van der Waals surface area contributed by atoms with Crippen LogP contribution in [0.3, 0.4) is 0 Å². The van der Waals surface area contributed by atoms with Gasteiger partial charge in [0.1, 0.15) is 0 Å². The first kappa shape index (κ1) is 11.7. The van der Waals surface area contributed by atoms with Crippen LogP contribution >= 0.6 is 15.9 Å². The summed E-state index contributed by atoms with van der Waals surface area (Å²) in [6.07, 6.45) is 5.84. The normalized spacial score (nSPS) is 11.8. The van der Waals surface area contributed by atoms with Crippen molar-refractivity contribution in [2.24, 2.45) is 0 Å². The Morgan fingerprint density at radius 3 is 2.88 bits per heavy atom. The van der Waals surface area contributed by atoms with E-state index in [1.165, 1.54) is 0 Å². The Morgan fingerprint density at radius 1 is 1.35 bits per heavy atom. The lowest BCUT2D eigenvalue weighted by molar-refractivity contribution is 0.809. The fourth-order valence-corrected chi connectivity index (χ4v) is 2.01. The van der Waals surface area contributed by atoms with Gasteiger partial charge in [-0.2, -0.15) is 5.26 Å². The van der Waals surface area contributed by atoms with E-state index in [-0.39, 0.29) is 5.92 Å². The fraction of sp³-hybridized carbons (Fsp3) is 0.154. The second-order valence-electron chi connectivity index (χ2n) is 3.65. The zero-order chi connectivity index (χ0) is 12.1. The topological polar surface area (TPSA) is 49.6 Å². The van der Waals surface area contributed by atoms with Crippen molar-refractivity contribution in [1.29, 1.82) is 5.26 Å². The molecule has 1 atom stereocenters. The van der Waals surface area contributed by atoms with Crippen LogP contribution in [0.25, 0.3) is 0 Å². The van der Waals surface area contributed by atoms with Gasteiger partial charge in [-0.3, -0.25) is 9.97 Å². The molecule has 0 spiro atoms. The highest BCUT2D eigenvalue weighted by atomic mass is 79.9. The monoisotopic (exact) mass is 287 g/mol. The van der Waals surface area contributed by atoms with Crippen LogP contribution in [0.1, 0.15) is 17.2 Å². The number of rotatable bonds is 3. The molecular formula is C13H10BrN3. The van der Waals surface area contributed by atoms with Gasteiger partial charge in [-0.1, -0.05) is 6.07 Å². The molecule has 0 aliphatic rings. The molecule has 1 unspecified atom stereocenters. The maximum absolute atomic E-state index is 9.19. The third-order valence-corrected chi connectivity index (χ3v) is 2.84. The van der Waals surface area contributed by atoms with Gasteiger partial charge in [0.2, 0.25) is 0 Å². The van der Waals surface area contributed by atoms with Crippen molar-refractivity contribution < 1.29 is 0 Å². The Kier molecular flexibility index (Phi) is 3.84. The summed E-state index contributed by atoms with van der Waals surface area (Å²) in [5, 5.41) is 9.19. The molecule has 0 amide bonds. The minimum absolute atomic E-state index is 0.229. The summed E-state index contributed by atoms with van der Waals surface area (Å²) in [4.78, 5) is 8.30. The zero-order valence-electron chi connectivity index (χ0n) is 9.05. The van der Waals surface area contributed by atoms with E-state index in [0.29, 0.717) is 6.42 Å². The third kappa shape index (κ3) is 3.11. The van der Waals surface area contributed by atoms with Crippen LogP contribution < -0.4 is 0 Å². The number of hydrogen-bond acceptors (Lipinski definition) is 3. The van der Waals surface area contributed by atoms with Crippen molar-refractivity contribution in [3.8, 4) is 6.07 Å². The maximum atomic E-state index is 9.19. The molecule has 17 heavy (non-hydrogen) atoms. The van der Waals surface area contributed by atoms with Gasteiger partial charge in [0.05, 0.1) is 17.7 Å². The largest absolute Gasteiger partial charge is 0.263 e. The summed E-state index contributed by atoms with van der Waals surface area (Å²) in [7, 11) is 0. The summed E-state index contributed by atoms with van der Waals surface area (Å²) in [5.74, 6) is -0.229. The van der Waals surface area contributed by atoms with E-state index >= 15 is 0 Å². The van der Waals surface area contributed by atoms with Crippen molar-refractivity contribution in [1.82, 2.24) is 9.97 Å². The molecule has 2 rings (SSSR count). The highest BCUT2D eigenvalue weighted by molar-refractivity contribution is 9.10. The molecule has 0 saturated carbocycles. The van der Waals surface area contributed by atoms with Gasteiger partial charge in [0.15, 0.2) is 0 Å². The molecule has 0 bridgehead atoms. The summed E-state index contributed by atoms with van der Waals surface area (Å²) >= 11 is 3.37. The number of aromatic nitrogens is 2. The summed E-state index contributed by atoms with van der Waals surface area (Å²) in [6.45, 7) is 0. The van der Waals surface area contributed by atoms with Crippen molar-refractivity contribution in [3.05, 3.63) is 58.6 Å². The predicted octanol–water partition coefficient (Wildman–Crippen LogP) is 3.09. The number of hydrogen-bond donors (Lipinski definition) is 0. The Balaban J connectivity index is 2.20. The molecule has 2 aromatic rings. The van der Waals surface area contributed by atoms with Gasteiger partial charge >= 0.3 is 0 Å². The van der Waals surface area contributed by atoms with Gasteiger partial charge in [-0.05, 0) is 46.1 Å². The van der Waals surface area contributed by atoms with Gasteiger partial charge in [0, 0.05) is 23.1 Å². The number of nitriles is 1. The van der Waals surface area contributed by atoms with Gasteiger partial charge < -0.3 is 0 Å². The summed E-state index contributed by atoms with van der Waals surface area (Å²) < 4.78 is 0.924. The molecule has 0 radical (unpaired) electrons. The van der Waals surface area contributed by atoms with Crippen molar-refractivity contribution in [3.63, 3.8) is 0 Å². The smallest absolute Gasteiger partial charge is 0.0925 e. The Morgan fingerprint density at radius 2 is 2.24 bits per heavy atom. The zero-order valence-corrected chi connectivity index (χ0v) is 10.6. The van der Waals surface area contributed by atoms with E-state index in [2.05, 4.69) is 32.0 Å². The van der Waals surface area contributed by atoms with E-state index in [0.717, 1.165) is 15.7 Å². The Labute approximate surface area is 108 Å². The Bertz CT molecular complexity index is 534. The van der Waals surface area contributed by atoms with E-state index in [1.54, 1.807) is 18.6 Å². The van der Waals surface area contributed by atoms with Crippen LogP contribution in [0, 0.1) is 11.3 Å². The third-order valence-electron chi connectivity index (χ3n) is 2.40. The highest BCUT2D eigenvalue weighted by Gasteiger charge is 2.12. The standard InChI is InChI=1S/C13H10BrN3/c14-12-6-10(8-16-9-12)5-11(7-15)13-3-1-2-4-17-13/h1-4,6,8-9,11H,5H2. The number of halogens is 1. The quantitative estimate of drug-likeness (QED) is 0.872. The van der Waals surface area contributed by atoms with Gasteiger partial charge in [-0.25, -0.2) is 0 Å². The molecule has 0 aromatic carbocycles. The molecule has 2 aromatic heterocycles. The molecule has 0 fully saturated rings. The molecular weight excluding hydrogens is 278 g/mol. The van der Waals surface area contributed by atoms with Crippen molar-refractivity contribution in [2.75, 3.05) is 0 Å². The molecule has 0 saturated heterocycles. The van der Waals surface area contributed by atoms with Gasteiger partial charge in [-0.15, -0.1) is 0 Å². The summed E-state index contributed by atoms with van der Waals surface area (Å²) in [5.41, 5.74) is 1.83. The first-order valence-corrected chi connectivity index (χ1v) is 5.99. The molecule has 2 heterocycles. The number of pyridine rings is 2. The number of nitrogens with zero attached hydrogens (tertiary/aromatic N) is 3. The minimum atomic E-state index is -0.229. The van der Waals surface area contributed by atoms with E-state index < -0.39 is 0 Å². The average molecular weight is 288 g/mol. The molecule has 0 aliphatic heterocycles. The average Bonchev–Trinajstić information content (AvgIpc) is 2.37. The molecule has 84 valence electrons. The lowest BCUT2D eigenvalue weighted by Crippen LogP contribution is -2.02. The Hall–Kier alpha value is -1.73. The lowest BCUT2D eigenvalue weighted by Gasteiger charge is -2.08. The highest BCUT2D eigenvalue weighted by Crippen LogP contribution is 2.19. The summed E-state index contributed by atoms with van der Waals surface area (Å²) in [6, 6.07) is 9.87. The minimum Gasteiger partial charge on any atom is -0.263 e. The van der Waals surface area contributed by atoms with E-state index in [9.17, 15) is 5.26 Å². The van der Waals surface area contributed by atoms with Crippen LogP contribution in [-0.2, 0) is 6.42 Å². The molecule has 3 nitrogen and oxygen atoms in total. The molecule has 4 heteroatoms. The van der Waals surface area contributed by atoms with Gasteiger partial charge in [0.25, 0.3) is 0 Å². The SMILES string of the molecule is N#CC(Cc1cncc(Br)c1)c1ccccn1. The van der Waals surface area contributed by atoms with E-state index in [1.807, 2.05) is 24.3 Å². The first-order valence-electron chi connectivity index (χ1n) is 5.19. The van der Waals surface area contributed by atoms with Crippen LogP contribution in [-0.4, -0.2) is 9.97 Å². The maximum Gasteiger partial charge on any atom is 0.0925 e.